The lowest BCUT2D eigenvalue weighted by atomic mass is 10.1. The number of rotatable bonds is 9. The maximum Gasteiger partial charge on any atom is 0.253 e. The van der Waals surface area contributed by atoms with E-state index in [1.807, 2.05) is 17.0 Å². The Labute approximate surface area is 182 Å². The van der Waals surface area contributed by atoms with Crippen LogP contribution in [0.1, 0.15) is 38.2 Å². The van der Waals surface area contributed by atoms with Gasteiger partial charge >= 0.3 is 0 Å². The first-order valence-electron chi connectivity index (χ1n) is 10.5. The Bertz CT molecular complexity index is 924. The topological polar surface area (TPSA) is 75.8 Å². The third kappa shape index (κ3) is 5.43. The Morgan fingerprint density at radius 1 is 1.30 bits per heavy atom. The quantitative estimate of drug-likeness (QED) is 0.465. The highest BCUT2D eigenvalue weighted by Crippen LogP contribution is 2.31. The minimum atomic E-state index is -0.136. The van der Waals surface area contributed by atoms with E-state index in [1.165, 1.54) is 0 Å². The highest BCUT2D eigenvalue weighted by atomic mass is 32.1. The van der Waals surface area contributed by atoms with Crippen molar-refractivity contribution in [1.29, 1.82) is 0 Å². The molecule has 1 saturated heterocycles. The van der Waals surface area contributed by atoms with E-state index in [2.05, 4.69) is 17.2 Å². The molecule has 0 spiro atoms. The molecule has 30 heavy (non-hydrogen) atoms. The van der Waals surface area contributed by atoms with Gasteiger partial charge < -0.3 is 29.4 Å². The van der Waals surface area contributed by atoms with Crippen LogP contribution in [0.5, 0.6) is 11.5 Å². The number of hydrogen-bond donors (Lipinski definition) is 2. The van der Waals surface area contributed by atoms with Crippen LogP contribution in [0.25, 0.3) is 10.9 Å². The summed E-state index contributed by atoms with van der Waals surface area (Å²) in [5, 5.41) is 4.86. The van der Waals surface area contributed by atoms with Gasteiger partial charge in [-0.3, -0.25) is 4.79 Å². The molecule has 8 heteroatoms. The van der Waals surface area contributed by atoms with Crippen molar-refractivity contribution in [2.75, 3.05) is 33.9 Å². The van der Waals surface area contributed by atoms with Crippen LogP contribution in [0.2, 0.25) is 0 Å². The van der Waals surface area contributed by atoms with Crippen LogP contribution in [0.4, 0.5) is 0 Å². The molecule has 1 aromatic heterocycles. The summed E-state index contributed by atoms with van der Waals surface area (Å²) >= 11 is 5.64. The molecule has 0 amide bonds. The average molecular weight is 434 g/mol. The van der Waals surface area contributed by atoms with Crippen molar-refractivity contribution in [2.24, 2.45) is 0 Å². The molecule has 0 saturated carbocycles. The number of unbranched alkanes of at least 4 members (excludes halogenated alkanes) is 1. The standard InChI is InChI=1S/C22H31N3O4S/c1-4-5-8-23-22(30)25(14-17-7-6-9-29-17)13-16-10-15-11-19(27-2)20(28-3)12-18(15)24-21(16)26/h10-12,17H,4-9,13-14H2,1-3H3,(H,23,30)(H,24,26). The third-order valence-electron chi connectivity index (χ3n) is 5.33. The summed E-state index contributed by atoms with van der Waals surface area (Å²) in [5.74, 6) is 1.20. The first-order valence-corrected chi connectivity index (χ1v) is 10.9. The third-order valence-corrected chi connectivity index (χ3v) is 5.73. The van der Waals surface area contributed by atoms with Crippen LogP contribution in [-0.4, -0.2) is 55.0 Å². The number of aromatic nitrogens is 1. The van der Waals surface area contributed by atoms with E-state index in [0.717, 1.165) is 44.2 Å². The van der Waals surface area contributed by atoms with Crippen LogP contribution in [0.15, 0.2) is 23.0 Å². The number of fused-ring (bicyclic) bond motifs is 1. The predicted octanol–water partition coefficient (Wildman–Crippen LogP) is 3.20. The lowest BCUT2D eigenvalue weighted by Gasteiger charge is -2.28. The Morgan fingerprint density at radius 3 is 2.73 bits per heavy atom. The van der Waals surface area contributed by atoms with Crippen molar-refractivity contribution in [3.05, 3.63) is 34.1 Å². The molecule has 0 radical (unpaired) electrons. The zero-order chi connectivity index (χ0) is 21.5. The van der Waals surface area contributed by atoms with Gasteiger partial charge in [-0.2, -0.15) is 0 Å². The van der Waals surface area contributed by atoms with Crippen molar-refractivity contribution in [3.8, 4) is 11.5 Å². The molecular formula is C22H31N3O4S. The van der Waals surface area contributed by atoms with E-state index in [-0.39, 0.29) is 11.7 Å². The Kier molecular flexibility index (Phi) is 7.93. The fraction of sp³-hybridized carbons (Fsp3) is 0.545. The van der Waals surface area contributed by atoms with E-state index in [0.29, 0.717) is 40.8 Å². The number of aromatic amines is 1. The molecule has 164 valence electrons. The van der Waals surface area contributed by atoms with Gasteiger partial charge in [-0.1, -0.05) is 13.3 Å². The lowest BCUT2D eigenvalue weighted by molar-refractivity contribution is 0.0897. The fourth-order valence-corrected chi connectivity index (χ4v) is 3.88. The van der Waals surface area contributed by atoms with Crippen LogP contribution >= 0.6 is 12.2 Å². The normalized spacial score (nSPS) is 15.9. The second-order valence-electron chi connectivity index (χ2n) is 7.52. The summed E-state index contributed by atoms with van der Waals surface area (Å²) in [5.41, 5.74) is 1.21. The number of methoxy groups -OCH3 is 2. The molecule has 7 nitrogen and oxygen atoms in total. The number of ether oxygens (including phenoxy) is 3. The molecule has 1 unspecified atom stereocenters. The smallest absolute Gasteiger partial charge is 0.253 e. The number of H-pyrrole nitrogens is 1. The molecule has 0 bridgehead atoms. The van der Waals surface area contributed by atoms with Crippen molar-refractivity contribution >= 4 is 28.2 Å². The highest BCUT2D eigenvalue weighted by Gasteiger charge is 2.22. The number of thiocarbonyl (C=S) groups is 1. The van der Waals surface area contributed by atoms with Crippen molar-refractivity contribution in [2.45, 2.75) is 45.3 Å². The summed E-state index contributed by atoms with van der Waals surface area (Å²) < 4.78 is 16.5. The summed E-state index contributed by atoms with van der Waals surface area (Å²) in [6.45, 7) is 4.83. The molecule has 2 N–H and O–H groups in total. The second kappa shape index (κ2) is 10.6. The van der Waals surface area contributed by atoms with E-state index in [9.17, 15) is 4.79 Å². The molecule has 1 atom stereocenters. The minimum Gasteiger partial charge on any atom is -0.493 e. The minimum absolute atomic E-state index is 0.136. The summed E-state index contributed by atoms with van der Waals surface area (Å²) in [6.07, 6.45) is 4.36. The van der Waals surface area contributed by atoms with Gasteiger partial charge in [-0.05, 0) is 43.6 Å². The summed E-state index contributed by atoms with van der Waals surface area (Å²) in [4.78, 5) is 17.8. The number of hydrogen-bond acceptors (Lipinski definition) is 5. The molecule has 2 aromatic rings. The van der Waals surface area contributed by atoms with Gasteiger partial charge in [0.05, 0.1) is 32.4 Å². The number of nitrogens with one attached hydrogen (secondary N) is 2. The molecule has 1 aliphatic rings. The zero-order valence-corrected chi connectivity index (χ0v) is 18.8. The van der Waals surface area contributed by atoms with Crippen LogP contribution in [0, 0.1) is 0 Å². The number of pyridine rings is 1. The summed E-state index contributed by atoms with van der Waals surface area (Å²) in [6, 6.07) is 5.55. The van der Waals surface area contributed by atoms with E-state index in [1.54, 1.807) is 20.3 Å². The van der Waals surface area contributed by atoms with Gasteiger partial charge in [0.25, 0.3) is 5.56 Å². The van der Waals surface area contributed by atoms with Gasteiger partial charge in [-0.25, -0.2) is 0 Å². The zero-order valence-electron chi connectivity index (χ0n) is 18.0. The Morgan fingerprint density at radius 2 is 2.07 bits per heavy atom. The van der Waals surface area contributed by atoms with Crippen LogP contribution < -0.4 is 20.3 Å². The molecular weight excluding hydrogens is 402 g/mol. The van der Waals surface area contributed by atoms with Gasteiger partial charge in [0.2, 0.25) is 0 Å². The van der Waals surface area contributed by atoms with E-state index >= 15 is 0 Å². The maximum atomic E-state index is 12.8. The average Bonchev–Trinajstić information content (AvgIpc) is 3.26. The SMILES string of the molecule is CCCCNC(=S)N(Cc1cc2cc(OC)c(OC)cc2[nH]c1=O)CC1CCCO1. The Balaban J connectivity index is 1.86. The molecule has 1 aliphatic heterocycles. The number of nitrogens with zero attached hydrogens (tertiary/aromatic N) is 1. The second-order valence-corrected chi connectivity index (χ2v) is 7.91. The Hall–Kier alpha value is -2.32. The molecule has 1 fully saturated rings. The van der Waals surface area contributed by atoms with Crippen molar-refractivity contribution < 1.29 is 14.2 Å². The highest BCUT2D eigenvalue weighted by molar-refractivity contribution is 7.80. The first-order chi connectivity index (χ1) is 14.5. The van der Waals surface area contributed by atoms with Crippen LogP contribution in [0.3, 0.4) is 0 Å². The van der Waals surface area contributed by atoms with Crippen LogP contribution in [-0.2, 0) is 11.3 Å². The lowest BCUT2D eigenvalue weighted by Crippen LogP contribution is -2.44. The monoisotopic (exact) mass is 433 g/mol. The van der Waals surface area contributed by atoms with Crippen molar-refractivity contribution in [1.82, 2.24) is 15.2 Å². The molecule has 2 heterocycles. The molecule has 0 aliphatic carbocycles. The van der Waals surface area contributed by atoms with Gasteiger partial charge in [0.1, 0.15) is 0 Å². The summed E-state index contributed by atoms with van der Waals surface area (Å²) in [7, 11) is 3.17. The van der Waals surface area contributed by atoms with Gasteiger partial charge in [0, 0.05) is 36.7 Å². The molecule has 1 aromatic carbocycles. The first kappa shape index (κ1) is 22.4. The van der Waals surface area contributed by atoms with Crippen molar-refractivity contribution in [3.63, 3.8) is 0 Å². The largest absolute Gasteiger partial charge is 0.493 e. The molecule has 3 rings (SSSR count). The predicted molar refractivity (Wildman–Crippen MR) is 123 cm³/mol. The number of benzene rings is 1. The maximum absolute atomic E-state index is 12.8. The van der Waals surface area contributed by atoms with Gasteiger partial charge in [0.15, 0.2) is 16.6 Å². The van der Waals surface area contributed by atoms with Gasteiger partial charge in [-0.15, -0.1) is 0 Å². The fourth-order valence-electron chi connectivity index (χ4n) is 3.64. The van der Waals surface area contributed by atoms with E-state index < -0.39 is 0 Å². The van der Waals surface area contributed by atoms with E-state index in [4.69, 9.17) is 26.4 Å².